The molecule has 0 saturated heterocycles. The van der Waals surface area contributed by atoms with Gasteiger partial charge < -0.3 is 4.57 Å². The van der Waals surface area contributed by atoms with Crippen LogP contribution in [0.25, 0.3) is 11.0 Å². The first kappa shape index (κ1) is 15.9. The first-order chi connectivity index (χ1) is 12.8. The van der Waals surface area contributed by atoms with Gasteiger partial charge in [0.15, 0.2) is 0 Å². The van der Waals surface area contributed by atoms with E-state index in [1.165, 1.54) is 35.4 Å². The van der Waals surface area contributed by atoms with Crippen molar-refractivity contribution in [2.75, 3.05) is 6.54 Å². The van der Waals surface area contributed by atoms with E-state index in [1.807, 2.05) is 0 Å². The van der Waals surface area contributed by atoms with Crippen LogP contribution in [-0.4, -0.2) is 31.0 Å². The van der Waals surface area contributed by atoms with Gasteiger partial charge in [0.2, 0.25) is 0 Å². The molecule has 1 aliphatic carbocycles. The van der Waals surface area contributed by atoms with Gasteiger partial charge in [-0.05, 0) is 31.4 Å². The summed E-state index contributed by atoms with van der Waals surface area (Å²) in [5, 5.41) is 0. The second-order valence-corrected chi connectivity index (χ2v) is 7.60. The van der Waals surface area contributed by atoms with Gasteiger partial charge in [0.25, 0.3) is 0 Å². The molecular weight excluding hydrogens is 322 g/mol. The molecule has 0 N–H and O–H groups in total. The summed E-state index contributed by atoms with van der Waals surface area (Å²) in [5.74, 6) is 2.88. The number of hydrogen-bond acceptors (Lipinski definition) is 4. The fourth-order valence-corrected chi connectivity index (χ4v) is 3.98. The Morgan fingerprint density at radius 3 is 2.88 bits per heavy atom. The van der Waals surface area contributed by atoms with Crippen LogP contribution in [0, 0.1) is 0 Å². The molecule has 0 amide bonds. The molecular formula is C21H25N5. The standard InChI is InChI=1S/C21H25N5/c1-2-10-26-19-6-4-3-5-18(19)23-20(26)14-25-11-9-17-16(13-25)12-22-21(24-17)15-7-8-15/h3-6,12,15H,2,7-11,13-14H2,1H3. The third kappa shape index (κ3) is 2.90. The lowest BCUT2D eigenvalue weighted by Gasteiger charge is -2.28. The quantitative estimate of drug-likeness (QED) is 0.706. The first-order valence-electron chi connectivity index (χ1n) is 9.83. The Balaban J connectivity index is 1.38. The topological polar surface area (TPSA) is 46.8 Å². The second-order valence-electron chi connectivity index (χ2n) is 7.60. The average molecular weight is 347 g/mol. The summed E-state index contributed by atoms with van der Waals surface area (Å²) in [6.45, 7) is 6.11. The third-order valence-electron chi connectivity index (χ3n) is 5.52. The van der Waals surface area contributed by atoms with Gasteiger partial charge in [0.1, 0.15) is 11.6 Å². The number of aryl methyl sites for hydroxylation is 1. The highest BCUT2D eigenvalue weighted by Gasteiger charge is 2.28. The molecule has 5 rings (SSSR count). The van der Waals surface area contributed by atoms with Crippen LogP contribution >= 0.6 is 0 Å². The van der Waals surface area contributed by atoms with Crippen LogP contribution in [0.15, 0.2) is 30.5 Å². The maximum atomic E-state index is 4.92. The monoisotopic (exact) mass is 347 g/mol. The highest BCUT2D eigenvalue weighted by atomic mass is 15.2. The van der Waals surface area contributed by atoms with Crippen molar-refractivity contribution in [1.29, 1.82) is 0 Å². The number of imidazole rings is 1. The van der Waals surface area contributed by atoms with Crippen LogP contribution in [0.3, 0.4) is 0 Å². The lowest BCUT2D eigenvalue weighted by Crippen LogP contribution is -2.32. The molecule has 0 radical (unpaired) electrons. The van der Waals surface area contributed by atoms with Crippen molar-refractivity contribution in [3.05, 3.63) is 53.4 Å². The van der Waals surface area contributed by atoms with Crippen molar-refractivity contribution >= 4 is 11.0 Å². The molecule has 3 heterocycles. The van der Waals surface area contributed by atoms with Crippen LogP contribution < -0.4 is 0 Å². The molecule has 0 spiro atoms. The number of benzene rings is 1. The van der Waals surface area contributed by atoms with E-state index in [4.69, 9.17) is 9.97 Å². The van der Waals surface area contributed by atoms with Gasteiger partial charge in [0, 0.05) is 49.4 Å². The Labute approximate surface area is 154 Å². The minimum Gasteiger partial charge on any atom is -0.327 e. The van der Waals surface area contributed by atoms with Crippen molar-refractivity contribution in [2.45, 2.75) is 58.2 Å². The van der Waals surface area contributed by atoms with Gasteiger partial charge in [-0.2, -0.15) is 0 Å². The SMILES string of the molecule is CCCn1c(CN2CCc3nc(C4CC4)ncc3C2)nc2ccccc21. The van der Waals surface area contributed by atoms with Gasteiger partial charge in [-0.15, -0.1) is 0 Å². The van der Waals surface area contributed by atoms with E-state index in [-0.39, 0.29) is 0 Å². The summed E-state index contributed by atoms with van der Waals surface area (Å²) in [6.07, 6.45) is 6.73. The predicted octanol–water partition coefficient (Wildman–Crippen LogP) is 3.67. The minimum atomic E-state index is 0.632. The zero-order valence-corrected chi connectivity index (χ0v) is 15.4. The average Bonchev–Trinajstić information content (AvgIpc) is 3.46. The van der Waals surface area contributed by atoms with E-state index < -0.39 is 0 Å². The zero-order chi connectivity index (χ0) is 17.5. The van der Waals surface area contributed by atoms with Crippen LogP contribution in [-0.2, 0) is 26.1 Å². The molecule has 134 valence electrons. The summed E-state index contributed by atoms with van der Waals surface area (Å²) in [6, 6.07) is 8.47. The predicted molar refractivity (Wildman–Crippen MR) is 102 cm³/mol. The molecule has 3 aromatic rings. The highest BCUT2D eigenvalue weighted by molar-refractivity contribution is 5.75. The Kier molecular flexibility index (Phi) is 3.97. The molecule has 1 fully saturated rings. The van der Waals surface area contributed by atoms with Gasteiger partial charge in [0.05, 0.1) is 17.6 Å². The largest absolute Gasteiger partial charge is 0.327 e. The molecule has 0 unspecified atom stereocenters. The van der Waals surface area contributed by atoms with E-state index in [1.54, 1.807) is 0 Å². The Morgan fingerprint density at radius 2 is 2.04 bits per heavy atom. The number of fused-ring (bicyclic) bond motifs is 2. The van der Waals surface area contributed by atoms with Crippen LogP contribution in [0.2, 0.25) is 0 Å². The van der Waals surface area contributed by atoms with Gasteiger partial charge in [-0.25, -0.2) is 15.0 Å². The molecule has 1 aliphatic heterocycles. The zero-order valence-electron chi connectivity index (χ0n) is 15.4. The molecule has 2 aliphatic rings. The van der Waals surface area contributed by atoms with Crippen molar-refractivity contribution in [3.8, 4) is 0 Å². The summed E-state index contributed by atoms with van der Waals surface area (Å²) in [7, 11) is 0. The van der Waals surface area contributed by atoms with Gasteiger partial charge in [-0.1, -0.05) is 19.1 Å². The molecule has 1 aromatic carbocycles. The van der Waals surface area contributed by atoms with E-state index in [2.05, 4.69) is 51.8 Å². The van der Waals surface area contributed by atoms with Crippen LogP contribution in [0.5, 0.6) is 0 Å². The van der Waals surface area contributed by atoms with Crippen LogP contribution in [0.4, 0.5) is 0 Å². The molecule has 0 bridgehead atoms. The summed E-state index contributed by atoms with van der Waals surface area (Å²) in [4.78, 5) is 16.9. The maximum absolute atomic E-state index is 4.92. The highest BCUT2D eigenvalue weighted by Crippen LogP contribution is 2.38. The molecule has 1 saturated carbocycles. The molecule has 5 heteroatoms. The van der Waals surface area contributed by atoms with E-state index in [0.29, 0.717) is 5.92 Å². The van der Waals surface area contributed by atoms with Crippen molar-refractivity contribution in [2.24, 2.45) is 0 Å². The number of hydrogen-bond donors (Lipinski definition) is 0. The fourth-order valence-electron chi connectivity index (χ4n) is 3.98. The molecule has 2 aromatic heterocycles. The summed E-state index contributed by atoms with van der Waals surface area (Å²) >= 11 is 0. The molecule has 5 nitrogen and oxygen atoms in total. The smallest absolute Gasteiger partial charge is 0.131 e. The van der Waals surface area contributed by atoms with Crippen molar-refractivity contribution < 1.29 is 0 Å². The maximum Gasteiger partial charge on any atom is 0.131 e. The Morgan fingerprint density at radius 1 is 1.15 bits per heavy atom. The van der Waals surface area contributed by atoms with Crippen molar-refractivity contribution in [3.63, 3.8) is 0 Å². The lowest BCUT2D eigenvalue weighted by molar-refractivity contribution is 0.233. The summed E-state index contributed by atoms with van der Waals surface area (Å²) in [5.41, 5.74) is 4.91. The van der Waals surface area contributed by atoms with Crippen LogP contribution in [0.1, 0.15) is 55.0 Å². The van der Waals surface area contributed by atoms with Gasteiger partial charge in [-0.3, -0.25) is 4.90 Å². The second kappa shape index (κ2) is 6.47. The van der Waals surface area contributed by atoms with E-state index >= 15 is 0 Å². The van der Waals surface area contributed by atoms with Gasteiger partial charge >= 0.3 is 0 Å². The Hall–Kier alpha value is -2.27. The number of rotatable bonds is 5. The molecule has 26 heavy (non-hydrogen) atoms. The van der Waals surface area contributed by atoms with E-state index in [9.17, 15) is 0 Å². The third-order valence-corrected chi connectivity index (χ3v) is 5.52. The minimum absolute atomic E-state index is 0.632. The number of aromatic nitrogens is 4. The lowest BCUT2D eigenvalue weighted by atomic mass is 10.1. The normalized spacial score (nSPS) is 17.6. The number of para-hydroxylation sites is 2. The first-order valence-corrected chi connectivity index (χ1v) is 9.83. The van der Waals surface area contributed by atoms with Crippen molar-refractivity contribution in [1.82, 2.24) is 24.4 Å². The van der Waals surface area contributed by atoms with E-state index in [0.717, 1.165) is 50.4 Å². The Bertz CT molecular complexity index is 941. The molecule has 0 atom stereocenters. The fraction of sp³-hybridized carbons (Fsp3) is 0.476. The summed E-state index contributed by atoms with van der Waals surface area (Å²) < 4.78 is 2.39. The number of nitrogens with zero attached hydrogens (tertiary/aromatic N) is 5.